The van der Waals surface area contributed by atoms with Crippen molar-refractivity contribution in [1.29, 1.82) is 0 Å². The van der Waals surface area contributed by atoms with Gasteiger partial charge >= 0.3 is 0 Å². The summed E-state index contributed by atoms with van der Waals surface area (Å²) in [6.45, 7) is 2.78. The first kappa shape index (κ1) is 15.8. The lowest BCUT2D eigenvalue weighted by atomic mass is 9.95. The molecule has 2 atom stereocenters. The van der Waals surface area contributed by atoms with Gasteiger partial charge in [-0.25, -0.2) is 0 Å². The summed E-state index contributed by atoms with van der Waals surface area (Å²) in [4.78, 5) is 2.15. The fourth-order valence-electron chi connectivity index (χ4n) is 2.60. The lowest BCUT2D eigenvalue weighted by Crippen LogP contribution is -2.40. The highest BCUT2D eigenvalue weighted by Gasteiger charge is 2.25. The fraction of sp³-hybridized carbons (Fsp3) is 0.625. The molecule has 0 aromatic heterocycles. The maximum Gasteiger partial charge on any atom is 0.0978 e. The summed E-state index contributed by atoms with van der Waals surface area (Å²) in [5.41, 5.74) is 1.22. The van der Waals surface area contributed by atoms with Crippen LogP contribution in [0.2, 0.25) is 5.02 Å². The molecule has 1 aliphatic rings. The van der Waals surface area contributed by atoms with Gasteiger partial charge in [-0.1, -0.05) is 30.2 Å². The highest BCUT2D eigenvalue weighted by Crippen LogP contribution is 2.27. The van der Waals surface area contributed by atoms with Crippen LogP contribution in [0.1, 0.15) is 30.9 Å². The van der Waals surface area contributed by atoms with Crippen LogP contribution in [0.15, 0.2) is 24.3 Å². The first-order valence-corrected chi connectivity index (χ1v) is 7.80. The smallest absolute Gasteiger partial charge is 0.0978 e. The Morgan fingerprint density at radius 2 is 2.05 bits per heavy atom. The van der Waals surface area contributed by atoms with Gasteiger partial charge in [0.05, 0.1) is 12.7 Å². The van der Waals surface area contributed by atoms with Crippen LogP contribution in [-0.4, -0.2) is 44.7 Å². The van der Waals surface area contributed by atoms with Crippen LogP contribution in [0.3, 0.4) is 0 Å². The van der Waals surface area contributed by atoms with Crippen LogP contribution in [0.4, 0.5) is 0 Å². The van der Waals surface area contributed by atoms with E-state index in [2.05, 4.69) is 36.4 Å². The number of nitrogens with zero attached hydrogens (tertiary/aromatic N) is 1. The largest absolute Gasteiger partial charge is 0.371 e. The Labute approximate surface area is 127 Å². The van der Waals surface area contributed by atoms with Gasteiger partial charge in [0.1, 0.15) is 0 Å². The number of nitrogens with one attached hydrogen (secondary N) is 1. The summed E-state index contributed by atoms with van der Waals surface area (Å²) < 4.78 is 6.17. The van der Waals surface area contributed by atoms with Crippen LogP contribution in [-0.2, 0) is 4.74 Å². The molecule has 1 aromatic carbocycles. The van der Waals surface area contributed by atoms with Crippen molar-refractivity contribution in [3.05, 3.63) is 34.9 Å². The fourth-order valence-corrected chi connectivity index (χ4v) is 2.72. The van der Waals surface area contributed by atoms with Crippen molar-refractivity contribution < 1.29 is 4.74 Å². The predicted molar refractivity (Wildman–Crippen MR) is 84.3 cm³/mol. The number of halogens is 1. The third-order valence-corrected chi connectivity index (χ3v) is 4.00. The van der Waals surface area contributed by atoms with Crippen molar-refractivity contribution >= 4 is 11.6 Å². The Morgan fingerprint density at radius 1 is 1.30 bits per heavy atom. The van der Waals surface area contributed by atoms with E-state index in [0.717, 1.165) is 24.7 Å². The molecule has 1 saturated heterocycles. The highest BCUT2D eigenvalue weighted by atomic mass is 35.5. The van der Waals surface area contributed by atoms with Crippen molar-refractivity contribution in [2.45, 2.75) is 31.4 Å². The van der Waals surface area contributed by atoms with E-state index in [4.69, 9.17) is 16.3 Å². The maximum absolute atomic E-state index is 6.17. The molecule has 1 fully saturated rings. The zero-order valence-electron chi connectivity index (χ0n) is 12.4. The average molecular weight is 297 g/mol. The molecule has 2 rings (SSSR count). The third-order valence-electron chi connectivity index (χ3n) is 3.75. The minimum atomic E-state index is 0.118. The van der Waals surface area contributed by atoms with E-state index >= 15 is 0 Å². The molecule has 0 amide bonds. The molecular weight excluding hydrogens is 272 g/mol. The van der Waals surface area contributed by atoms with Crippen LogP contribution >= 0.6 is 11.6 Å². The van der Waals surface area contributed by atoms with Gasteiger partial charge in [-0.2, -0.15) is 0 Å². The second-order valence-electron chi connectivity index (χ2n) is 5.70. The average Bonchev–Trinajstić information content (AvgIpc) is 2.46. The van der Waals surface area contributed by atoms with Gasteiger partial charge in [0.2, 0.25) is 0 Å². The zero-order valence-corrected chi connectivity index (χ0v) is 13.2. The molecule has 0 radical (unpaired) electrons. The normalized spacial score (nSPS) is 21.1. The van der Waals surface area contributed by atoms with Gasteiger partial charge in [-0.3, -0.25) is 0 Å². The summed E-state index contributed by atoms with van der Waals surface area (Å²) in [6, 6.07) is 8.47. The molecule has 0 aliphatic carbocycles. The molecule has 1 aliphatic heterocycles. The lowest BCUT2D eigenvalue weighted by Gasteiger charge is -2.32. The minimum Gasteiger partial charge on any atom is -0.371 e. The zero-order chi connectivity index (χ0) is 14.4. The Morgan fingerprint density at radius 3 is 2.65 bits per heavy atom. The second-order valence-corrected chi connectivity index (χ2v) is 6.14. The van der Waals surface area contributed by atoms with Crippen LogP contribution < -0.4 is 5.32 Å². The second kappa shape index (κ2) is 7.99. The lowest BCUT2D eigenvalue weighted by molar-refractivity contribution is 0.0116. The number of rotatable bonds is 6. The van der Waals surface area contributed by atoms with Gasteiger partial charge in [-0.15, -0.1) is 0 Å². The molecule has 2 unspecified atom stereocenters. The SMILES string of the molecule is CN(C)CCOC(c1ccc(Cl)cc1)C1CCCCN1. The predicted octanol–water partition coefficient (Wildman–Crippen LogP) is 3.10. The molecule has 1 aromatic rings. The Balaban J connectivity index is 2.04. The topological polar surface area (TPSA) is 24.5 Å². The summed E-state index contributed by atoms with van der Waals surface area (Å²) in [7, 11) is 4.14. The Kier molecular flexibility index (Phi) is 6.30. The van der Waals surface area contributed by atoms with Gasteiger partial charge < -0.3 is 15.0 Å². The van der Waals surface area contributed by atoms with E-state index in [0.29, 0.717) is 6.04 Å². The third kappa shape index (κ3) is 4.74. The van der Waals surface area contributed by atoms with E-state index in [1.165, 1.54) is 24.8 Å². The summed E-state index contributed by atoms with van der Waals surface area (Å²) in [5, 5.41) is 4.37. The number of benzene rings is 1. The number of hydrogen-bond acceptors (Lipinski definition) is 3. The van der Waals surface area contributed by atoms with Gasteiger partial charge in [0.15, 0.2) is 0 Å². The number of likely N-dealkylation sites (N-methyl/N-ethyl adjacent to an activating group) is 1. The van der Waals surface area contributed by atoms with Crippen LogP contribution in [0, 0.1) is 0 Å². The molecule has 112 valence electrons. The first-order chi connectivity index (χ1) is 9.66. The van der Waals surface area contributed by atoms with E-state index in [1.807, 2.05) is 12.1 Å². The minimum absolute atomic E-state index is 0.118. The molecular formula is C16H25ClN2O. The van der Waals surface area contributed by atoms with Crippen LogP contribution in [0.25, 0.3) is 0 Å². The van der Waals surface area contributed by atoms with Gasteiger partial charge in [-0.05, 0) is 51.2 Å². The molecule has 20 heavy (non-hydrogen) atoms. The van der Waals surface area contributed by atoms with Crippen molar-refractivity contribution in [3.8, 4) is 0 Å². The van der Waals surface area contributed by atoms with Crippen molar-refractivity contribution in [1.82, 2.24) is 10.2 Å². The Hall–Kier alpha value is -0.610. The quantitative estimate of drug-likeness (QED) is 0.873. The number of piperidine rings is 1. The van der Waals surface area contributed by atoms with Crippen molar-refractivity contribution in [3.63, 3.8) is 0 Å². The van der Waals surface area contributed by atoms with Gasteiger partial charge in [0, 0.05) is 17.6 Å². The monoisotopic (exact) mass is 296 g/mol. The standard InChI is InChI=1S/C16H25ClN2O/c1-19(2)11-12-20-16(15-5-3-4-10-18-15)13-6-8-14(17)9-7-13/h6-9,15-16,18H,3-5,10-12H2,1-2H3. The molecule has 4 heteroatoms. The van der Waals surface area contributed by atoms with E-state index in [-0.39, 0.29) is 6.10 Å². The van der Waals surface area contributed by atoms with Gasteiger partial charge in [0.25, 0.3) is 0 Å². The summed E-state index contributed by atoms with van der Waals surface area (Å²) in [5.74, 6) is 0. The number of ether oxygens (including phenoxy) is 1. The molecule has 0 saturated carbocycles. The summed E-state index contributed by atoms with van der Waals surface area (Å²) >= 11 is 5.98. The molecule has 1 N–H and O–H groups in total. The van der Waals surface area contributed by atoms with E-state index in [1.54, 1.807) is 0 Å². The van der Waals surface area contributed by atoms with E-state index in [9.17, 15) is 0 Å². The molecule has 1 heterocycles. The first-order valence-electron chi connectivity index (χ1n) is 7.42. The van der Waals surface area contributed by atoms with Crippen molar-refractivity contribution in [2.24, 2.45) is 0 Å². The molecule has 3 nitrogen and oxygen atoms in total. The maximum atomic E-state index is 6.17. The van der Waals surface area contributed by atoms with Crippen molar-refractivity contribution in [2.75, 3.05) is 33.8 Å². The Bertz CT molecular complexity index is 388. The molecule has 0 bridgehead atoms. The van der Waals surface area contributed by atoms with E-state index < -0.39 is 0 Å². The highest BCUT2D eigenvalue weighted by molar-refractivity contribution is 6.30. The summed E-state index contributed by atoms with van der Waals surface area (Å²) in [6.07, 6.45) is 3.84. The van der Waals surface area contributed by atoms with Crippen LogP contribution in [0.5, 0.6) is 0 Å². The number of hydrogen-bond donors (Lipinski definition) is 1. The molecule has 0 spiro atoms.